The van der Waals surface area contributed by atoms with Crippen LogP contribution < -0.4 is 11.5 Å². The third-order valence-electron chi connectivity index (χ3n) is 2.23. The van der Waals surface area contributed by atoms with E-state index in [9.17, 15) is 0 Å². The predicted octanol–water partition coefficient (Wildman–Crippen LogP) is 2.31. The number of hydrogen-bond donors (Lipinski definition) is 2. The molecule has 0 atom stereocenters. The lowest BCUT2D eigenvalue weighted by molar-refractivity contribution is 1.53. The number of nitrogen functional groups attached to an aromatic ring is 2. The van der Waals surface area contributed by atoms with Gasteiger partial charge >= 0.3 is 0 Å². The van der Waals surface area contributed by atoms with Gasteiger partial charge in [-0.15, -0.1) is 0 Å². The topological polar surface area (TPSA) is 52.0 Å². The van der Waals surface area contributed by atoms with Crippen molar-refractivity contribution in [1.82, 2.24) is 0 Å². The second-order valence-corrected chi connectivity index (χ2v) is 3.28. The Morgan fingerprint density at radius 1 is 1.08 bits per heavy atom. The van der Waals surface area contributed by atoms with Gasteiger partial charge in [-0.2, -0.15) is 0 Å². The van der Waals surface area contributed by atoms with Crippen LogP contribution in [0.1, 0.15) is 5.56 Å². The highest BCUT2D eigenvalue weighted by atomic mass is 14.6. The molecular formula is C11H12N2. The summed E-state index contributed by atoms with van der Waals surface area (Å²) in [6.45, 7) is 2.02. The van der Waals surface area contributed by atoms with Crippen molar-refractivity contribution in [3.05, 3.63) is 35.9 Å². The van der Waals surface area contributed by atoms with Crippen LogP contribution in [0.5, 0.6) is 0 Å². The Morgan fingerprint density at radius 3 is 2.62 bits per heavy atom. The van der Waals surface area contributed by atoms with Gasteiger partial charge in [-0.05, 0) is 36.1 Å². The fourth-order valence-corrected chi connectivity index (χ4v) is 1.71. The molecule has 0 heterocycles. The predicted molar refractivity (Wildman–Crippen MR) is 57.5 cm³/mol. The van der Waals surface area contributed by atoms with Crippen molar-refractivity contribution in [1.29, 1.82) is 0 Å². The summed E-state index contributed by atoms with van der Waals surface area (Å²) in [4.78, 5) is 0. The molecule has 0 radical (unpaired) electrons. The van der Waals surface area contributed by atoms with Crippen LogP contribution in [0.3, 0.4) is 0 Å². The fraction of sp³-hybridized carbons (Fsp3) is 0.0909. The summed E-state index contributed by atoms with van der Waals surface area (Å²) in [6, 6.07) is 9.76. The van der Waals surface area contributed by atoms with Crippen molar-refractivity contribution >= 4 is 22.1 Å². The van der Waals surface area contributed by atoms with E-state index in [1.54, 1.807) is 0 Å². The van der Waals surface area contributed by atoms with Crippen molar-refractivity contribution < 1.29 is 0 Å². The third-order valence-corrected chi connectivity index (χ3v) is 2.23. The zero-order valence-corrected chi connectivity index (χ0v) is 7.54. The smallest absolute Gasteiger partial charge is 0.0396 e. The van der Waals surface area contributed by atoms with Gasteiger partial charge in [0, 0.05) is 16.8 Å². The molecule has 2 nitrogen and oxygen atoms in total. The number of benzene rings is 2. The van der Waals surface area contributed by atoms with E-state index >= 15 is 0 Å². The van der Waals surface area contributed by atoms with Gasteiger partial charge in [0.05, 0.1) is 0 Å². The largest absolute Gasteiger partial charge is 0.399 e. The molecule has 2 aromatic rings. The van der Waals surface area contributed by atoms with Crippen LogP contribution in [-0.4, -0.2) is 0 Å². The van der Waals surface area contributed by atoms with Gasteiger partial charge in [0.1, 0.15) is 0 Å². The molecule has 0 aliphatic carbocycles. The van der Waals surface area contributed by atoms with Crippen molar-refractivity contribution in [3.8, 4) is 0 Å². The molecule has 0 aliphatic rings. The first-order chi connectivity index (χ1) is 6.18. The first-order valence-electron chi connectivity index (χ1n) is 4.23. The van der Waals surface area contributed by atoms with Crippen LogP contribution in [0.15, 0.2) is 30.3 Å². The van der Waals surface area contributed by atoms with Crippen LogP contribution in [-0.2, 0) is 0 Å². The monoisotopic (exact) mass is 172 g/mol. The molecule has 0 saturated carbocycles. The maximum atomic E-state index is 5.87. The van der Waals surface area contributed by atoms with Crippen molar-refractivity contribution in [2.45, 2.75) is 6.92 Å². The molecular weight excluding hydrogens is 160 g/mol. The second kappa shape index (κ2) is 2.66. The van der Waals surface area contributed by atoms with Gasteiger partial charge in [0.15, 0.2) is 0 Å². The highest BCUT2D eigenvalue weighted by Gasteiger charge is 2.01. The molecule has 0 fully saturated rings. The Morgan fingerprint density at radius 2 is 1.85 bits per heavy atom. The van der Waals surface area contributed by atoms with Crippen LogP contribution in [0, 0.1) is 6.92 Å². The second-order valence-electron chi connectivity index (χ2n) is 3.28. The minimum atomic E-state index is 0.788. The molecule has 66 valence electrons. The molecule has 0 aliphatic heterocycles. The van der Waals surface area contributed by atoms with Crippen LogP contribution in [0.4, 0.5) is 11.4 Å². The molecule has 2 rings (SSSR count). The van der Waals surface area contributed by atoms with Crippen molar-refractivity contribution in [3.63, 3.8) is 0 Å². The quantitative estimate of drug-likeness (QED) is 0.599. The number of fused-ring (bicyclic) bond motifs is 1. The number of aryl methyl sites for hydroxylation is 1. The number of rotatable bonds is 0. The van der Waals surface area contributed by atoms with E-state index in [4.69, 9.17) is 11.5 Å². The normalized spacial score (nSPS) is 10.5. The Labute approximate surface area is 77.2 Å². The number of anilines is 2. The van der Waals surface area contributed by atoms with Crippen LogP contribution >= 0.6 is 0 Å². The Hall–Kier alpha value is -1.70. The molecule has 0 amide bonds. The number of hydrogen-bond acceptors (Lipinski definition) is 2. The molecule has 4 N–H and O–H groups in total. The SMILES string of the molecule is Cc1cc(N)cc2cccc(N)c12. The van der Waals surface area contributed by atoms with Gasteiger partial charge < -0.3 is 11.5 Å². The van der Waals surface area contributed by atoms with Crippen LogP contribution in [0.25, 0.3) is 10.8 Å². The first-order valence-corrected chi connectivity index (χ1v) is 4.23. The van der Waals surface area contributed by atoms with E-state index in [-0.39, 0.29) is 0 Å². The summed E-state index contributed by atoms with van der Waals surface area (Å²) in [5.41, 5.74) is 14.3. The van der Waals surface area contributed by atoms with E-state index in [0.717, 1.165) is 27.7 Å². The highest BCUT2D eigenvalue weighted by Crippen LogP contribution is 2.26. The van der Waals surface area contributed by atoms with Crippen LogP contribution in [0.2, 0.25) is 0 Å². The molecule has 0 saturated heterocycles. The zero-order chi connectivity index (χ0) is 9.42. The summed E-state index contributed by atoms with van der Waals surface area (Å²) in [7, 11) is 0. The maximum Gasteiger partial charge on any atom is 0.0396 e. The lowest BCUT2D eigenvalue weighted by atomic mass is 10.0. The lowest BCUT2D eigenvalue weighted by Gasteiger charge is -2.06. The molecule has 2 aromatic carbocycles. The number of nitrogens with two attached hydrogens (primary N) is 2. The first kappa shape index (κ1) is 7.92. The molecule has 13 heavy (non-hydrogen) atoms. The summed E-state index contributed by atoms with van der Waals surface area (Å²) in [6.07, 6.45) is 0. The minimum absolute atomic E-state index is 0.788. The van der Waals surface area contributed by atoms with E-state index in [1.807, 2.05) is 37.3 Å². The summed E-state index contributed by atoms with van der Waals surface area (Å²) in [5, 5.41) is 2.22. The summed E-state index contributed by atoms with van der Waals surface area (Å²) in [5.74, 6) is 0. The fourth-order valence-electron chi connectivity index (χ4n) is 1.71. The average molecular weight is 172 g/mol. The third kappa shape index (κ3) is 1.20. The van der Waals surface area contributed by atoms with Gasteiger partial charge in [0.25, 0.3) is 0 Å². The van der Waals surface area contributed by atoms with Crippen molar-refractivity contribution in [2.75, 3.05) is 11.5 Å². The lowest BCUT2D eigenvalue weighted by Crippen LogP contribution is -1.91. The molecule has 0 bridgehead atoms. The molecule has 0 unspecified atom stereocenters. The Balaban J connectivity index is 2.94. The Kier molecular flexibility index (Phi) is 1.62. The standard InChI is InChI=1S/C11H12N2/c1-7-5-9(12)6-8-3-2-4-10(13)11(7)8/h2-6H,12-13H2,1H3. The summed E-state index contributed by atoms with van der Waals surface area (Å²) < 4.78 is 0. The van der Waals surface area contributed by atoms with Crippen molar-refractivity contribution in [2.24, 2.45) is 0 Å². The molecule has 2 heteroatoms. The highest BCUT2D eigenvalue weighted by molar-refractivity contribution is 5.97. The van der Waals surface area contributed by atoms with E-state index in [2.05, 4.69) is 0 Å². The minimum Gasteiger partial charge on any atom is -0.399 e. The Bertz CT molecular complexity index is 461. The summed E-state index contributed by atoms with van der Waals surface area (Å²) >= 11 is 0. The van der Waals surface area contributed by atoms with Gasteiger partial charge in [-0.3, -0.25) is 0 Å². The maximum absolute atomic E-state index is 5.87. The van der Waals surface area contributed by atoms with E-state index < -0.39 is 0 Å². The van der Waals surface area contributed by atoms with E-state index in [1.165, 1.54) is 0 Å². The van der Waals surface area contributed by atoms with Gasteiger partial charge in [-0.25, -0.2) is 0 Å². The van der Waals surface area contributed by atoms with Gasteiger partial charge in [-0.1, -0.05) is 12.1 Å². The zero-order valence-electron chi connectivity index (χ0n) is 7.54. The average Bonchev–Trinajstić information content (AvgIpc) is 2.02. The van der Waals surface area contributed by atoms with E-state index in [0.29, 0.717) is 0 Å². The van der Waals surface area contributed by atoms with Gasteiger partial charge in [0.2, 0.25) is 0 Å². The molecule has 0 spiro atoms. The molecule has 0 aromatic heterocycles.